The Labute approximate surface area is 380 Å². The molecule has 0 radical (unpaired) electrons. The second-order valence-electron chi connectivity index (χ2n) is 14.7. The van der Waals surface area contributed by atoms with Crippen LogP contribution < -0.4 is 24.8 Å². The molecule has 0 bridgehead atoms. The van der Waals surface area contributed by atoms with Gasteiger partial charge in [-0.3, -0.25) is 4.21 Å². The van der Waals surface area contributed by atoms with E-state index >= 15 is 0 Å². The van der Waals surface area contributed by atoms with E-state index < -0.39 is 130 Å². The molecular formula is C41H37F10N3O11S2. The van der Waals surface area contributed by atoms with E-state index in [0.717, 1.165) is 16.8 Å². The van der Waals surface area contributed by atoms with Crippen molar-refractivity contribution in [2.45, 2.75) is 38.1 Å². The van der Waals surface area contributed by atoms with Crippen molar-refractivity contribution in [2.24, 2.45) is 11.1 Å². The maximum absolute atomic E-state index is 14.2. The summed E-state index contributed by atoms with van der Waals surface area (Å²) >= 11 is 1.11. The number of ether oxygens (including phenoxy) is 7. The van der Waals surface area contributed by atoms with Crippen LogP contribution in [-0.2, 0) is 43.0 Å². The van der Waals surface area contributed by atoms with Crippen molar-refractivity contribution in [3.63, 3.8) is 0 Å². The number of nitrogens with zero attached hydrogens (tertiary/aromatic N) is 2. The Balaban J connectivity index is 1.38. The molecule has 0 saturated carbocycles. The van der Waals surface area contributed by atoms with Crippen LogP contribution in [0.3, 0.4) is 0 Å². The number of amides is 1. The van der Waals surface area contributed by atoms with Crippen molar-refractivity contribution in [1.82, 2.24) is 4.31 Å². The molecule has 2 N–H and O–H groups in total. The van der Waals surface area contributed by atoms with E-state index in [9.17, 15) is 62.5 Å². The van der Waals surface area contributed by atoms with Crippen LogP contribution >= 0.6 is 11.9 Å². The van der Waals surface area contributed by atoms with Crippen LogP contribution in [0.25, 0.3) is 0 Å². The average molecular weight is 1000 g/mol. The Morgan fingerprint density at radius 2 is 1.21 bits per heavy atom. The van der Waals surface area contributed by atoms with Gasteiger partial charge in [0.2, 0.25) is 69.7 Å². The number of hydrogen-bond donors (Lipinski definition) is 1. The van der Waals surface area contributed by atoms with Gasteiger partial charge in [-0.05, 0) is 47.3 Å². The molecule has 1 saturated heterocycles. The number of nitrogens with two attached hydrogens (primary N) is 1. The average Bonchev–Trinajstić information content (AvgIpc) is 3.31. The lowest BCUT2D eigenvalue weighted by atomic mass is 9.87. The molecule has 26 heteroatoms. The van der Waals surface area contributed by atoms with Gasteiger partial charge in [0, 0.05) is 47.0 Å². The summed E-state index contributed by atoms with van der Waals surface area (Å²) < 4.78 is 187. The molecule has 67 heavy (non-hydrogen) atoms. The number of morpholine rings is 1. The standard InChI is InChI=1S/C41H37F10N3O11S2/c1-41(2,18-52)25(17-67(3)58)63-38(55)54(19-62-22-7-4-20(5-8-22)15-60-39(56)64-36-32(48)28(44)26(42)29(45)33(36)49)23-9-6-21(14-24(23)66-53-10-12-59-13-11-53)16-61-40(57)65-37-34(50)30(46)27(43)31(47)35(37)51/h4-9,14,25H,10-13,15-19,52H2,1-3H3. The van der Waals surface area contributed by atoms with E-state index in [1.54, 1.807) is 13.8 Å². The van der Waals surface area contributed by atoms with E-state index in [-0.39, 0.29) is 39.8 Å². The zero-order chi connectivity index (χ0) is 49.3. The number of carbonyl (C=O) groups excluding carboxylic acids is 3. The van der Waals surface area contributed by atoms with E-state index in [0.29, 0.717) is 26.3 Å². The number of rotatable bonds is 17. The molecule has 1 aliphatic rings. The summed E-state index contributed by atoms with van der Waals surface area (Å²) in [7, 11) is -1.48. The highest BCUT2D eigenvalue weighted by Crippen LogP contribution is 2.37. The smallest absolute Gasteiger partial charge is 0.473 e. The first-order valence-corrected chi connectivity index (χ1v) is 21.7. The minimum absolute atomic E-state index is 0.00311. The lowest BCUT2D eigenvalue weighted by Gasteiger charge is -2.34. The molecule has 4 aromatic carbocycles. The summed E-state index contributed by atoms with van der Waals surface area (Å²) in [6.45, 7) is 2.88. The second kappa shape index (κ2) is 22.8. The van der Waals surface area contributed by atoms with Crippen LogP contribution in [0.2, 0.25) is 0 Å². The summed E-state index contributed by atoms with van der Waals surface area (Å²) in [5.74, 6) is -27.8. The van der Waals surface area contributed by atoms with Gasteiger partial charge in [0.05, 0.1) is 24.7 Å². The van der Waals surface area contributed by atoms with Gasteiger partial charge < -0.3 is 38.9 Å². The topological polar surface area (TPSA) is 165 Å². The van der Waals surface area contributed by atoms with Crippen molar-refractivity contribution in [3.05, 3.63) is 112 Å². The van der Waals surface area contributed by atoms with Gasteiger partial charge in [-0.1, -0.05) is 32.0 Å². The molecule has 4 aromatic rings. The molecule has 0 spiro atoms. The molecule has 2 unspecified atom stereocenters. The van der Waals surface area contributed by atoms with E-state index in [4.69, 9.17) is 29.4 Å². The minimum atomic E-state index is -2.48. The van der Waals surface area contributed by atoms with Gasteiger partial charge >= 0.3 is 18.4 Å². The quantitative estimate of drug-likeness (QED) is 0.0156. The molecule has 0 aliphatic carbocycles. The molecule has 364 valence electrons. The van der Waals surface area contributed by atoms with E-state index in [1.807, 2.05) is 4.31 Å². The molecule has 1 aliphatic heterocycles. The maximum atomic E-state index is 14.2. The zero-order valence-corrected chi connectivity index (χ0v) is 36.7. The van der Waals surface area contributed by atoms with Crippen molar-refractivity contribution in [2.75, 3.05) is 56.5 Å². The van der Waals surface area contributed by atoms with Crippen LogP contribution in [0.5, 0.6) is 17.2 Å². The molecule has 1 fully saturated rings. The number of anilines is 1. The lowest BCUT2D eigenvalue weighted by Crippen LogP contribution is -2.46. The van der Waals surface area contributed by atoms with Gasteiger partial charge in [-0.15, -0.1) is 0 Å². The first-order valence-electron chi connectivity index (χ1n) is 19.2. The Morgan fingerprint density at radius 1 is 0.746 bits per heavy atom. The first kappa shape index (κ1) is 52.1. The number of carbonyl (C=O) groups is 3. The van der Waals surface area contributed by atoms with Crippen LogP contribution in [0, 0.1) is 63.6 Å². The molecule has 0 aromatic heterocycles. The molecule has 5 rings (SSSR count). The predicted molar refractivity (Wildman–Crippen MR) is 215 cm³/mol. The van der Waals surface area contributed by atoms with Crippen LogP contribution in [0.4, 0.5) is 64.0 Å². The Hall–Kier alpha value is -5.83. The van der Waals surface area contributed by atoms with E-state index in [1.165, 1.54) is 48.7 Å². The third-order valence-corrected chi connectivity index (χ3v) is 11.4. The third-order valence-electron chi connectivity index (χ3n) is 9.47. The van der Waals surface area contributed by atoms with Crippen molar-refractivity contribution in [1.29, 1.82) is 0 Å². The summed E-state index contributed by atoms with van der Waals surface area (Å²) in [6.07, 6.45) is -4.28. The Kier molecular flexibility index (Phi) is 17.7. The largest absolute Gasteiger partial charge is 0.514 e. The molecule has 1 heterocycles. The lowest BCUT2D eigenvalue weighted by molar-refractivity contribution is 0.0437. The first-order chi connectivity index (χ1) is 31.6. The molecule has 14 nitrogen and oxygen atoms in total. The molecular weight excluding hydrogens is 965 g/mol. The van der Waals surface area contributed by atoms with Gasteiger partial charge in [0.1, 0.15) is 25.1 Å². The fourth-order valence-electron chi connectivity index (χ4n) is 5.57. The third kappa shape index (κ3) is 13.0. The van der Waals surface area contributed by atoms with Crippen molar-refractivity contribution in [3.8, 4) is 17.2 Å². The Morgan fingerprint density at radius 3 is 1.69 bits per heavy atom. The van der Waals surface area contributed by atoms with Crippen LogP contribution in [-0.4, -0.2) is 84.6 Å². The number of halogens is 10. The number of hydrogen-bond acceptors (Lipinski definition) is 14. The highest BCUT2D eigenvalue weighted by Gasteiger charge is 2.36. The van der Waals surface area contributed by atoms with Gasteiger partial charge in [-0.25, -0.2) is 49.9 Å². The summed E-state index contributed by atoms with van der Waals surface area (Å²) in [5, 5.41) is 0. The monoisotopic (exact) mass is 1000 g/mol. The van der Waals surface area contributed by atoms with Crippen molar-refractivity contribution < 1.29 is 95.7 Å². The minimum Gasteiger partial charge on any atom is -0.473 e. The van der Waals surface area contributed by atoms with Crippen LogP contribution in [0.15, 0.2) is 47.4 Å². The van der Waals surface area contributed by atoms with Crippen molar-refractivity contribution >= 4 is 46.8 Å². The normalized spacial score (nSPS) is 13.9. The molecule has 1 amide bonds. The number of benzene rings is 4. The summed E-state index contributed by atoms with van der Waals surface area (Å²) in [6, 6.07) is 9.53. The van der Waals surface area contributed by atoms with Gasteiger partial charge in [-0.2, -0.15) is 17.6 Å². The van der Waals surface area contributed by atoms with E-state index in [2.05, 4.69) is 9.47 Å². The van der Waals surface area contributed by atoms with Gasteiger partial charge in [0.25, 0.3) is 0 Å². The summed E-state index contributed by atoms with van der Waals surface area (Å²) in [4.78, 5) is 40.1. The SMILES string of the molecule is CS(=O)CC(OC(=O)N(COc1ccc(COC(=O)Oc2c(F)c(F)c(F)c(F)c2F)cc1)c1ccc(COC(=O)Oc2c(F)c(F)c(F)c(F)c2F)cc1SN1CCOCC1)C(C)(C)CN. The fraction of sp³-hybridized carbons (Fsp3) is 0.341. The van der Waals surface area contributed by atoms with Crippen LogP contribution in [0.1, 0.15) is 25.0 Å². The maximum Gasteiger partial charge on any atom is 0.514 e. The highest BCUT2D eigenvalue weighted by atomic mass is 32.2. The predicted octanol–water partition coefficient (Wildman–Crippen LogP) is 8.56. The Bertz CT molecular complexity index is 2450. The summed E-state index contributed by atoms with van der Waals surface area (Å²) in [5.41, 5.74) is 5.57. The molecule has 2 atom stereocenters. The van der Waals surface area contributed by atoms with Gasteiger partial charge in [0.15, 0.2) is 6.73 Å². The zero-order valence-electron chi connectivity index (χ0n) is 35.0. The highest BCUT2D eigenvalue weighted by molar-refractivity contribution is 7.97. The second-order valence-corrected chi connectivity index (χ2v) is 17.3. The fourth-order valence-corrected chi connectivity index (χ4v) is 7.60.